The van der Waals surface area contributed by atoms with E-state index in [0.717, 1.165) is 0 Å². The molecule has 3 aromatic carbocycles. The lowest BCUT2D eigenvalue weighted by molar-refractivity contribution is 0.0696. The highest BCUT2D eigenvalue weighted by Gasteiger charge is 2.26. The summed E-state index contributed by atoms with van der Waals surface area (Å²) < 4.78 is 28.1. The molecule has 0 saturated heterocycles. The molecule has 0 unspecified atom stereocenters. The van der Waals surface area contributed by atoms with E-state index in [1.54, 1.807) is 24.3 Å². The summed E-state index contributed by atoms with van der Waals surface area (Å²) in [7, 11) is -3.93. The largest absolute Gasteiger partial charge is 0.478 e. The predicted molar refractivity (Wildman–Crippen MR) is 96.1 cm³/mol. The minimum absolute atomic E-state index is 0.0388. The number of amides is 1. The van der Waals surface area contributed by atoms with Crippen LogP contribution in [0.4, 0.5) is 11.4 Å². The average Bonchev–Trinajstić information content (AvgIpc) is 2.93. The predicted octanol–water partition coefficient (Wildman–Crippen LogP) is 2.90. The van der Waals surface area contributed by atoms with Gasteiger partial charge in [-0.2, -0.15) is 0 Å². The molecule has 1 amide bonds. The molecule has 0 atom stereocenters. The Morgan fingerprint density at radius 1 is 1.00 bits per heavy atom. The van der Waals surface area contributed by atoms with Gasteiger partial charge in [0.05, 0.1) is 10.5 Å². The topological polar surface area (TPSA) is 113 Å². The highest BCUT2D eigenvalue weighted by Crippen LogP contribution is 2.36. The highest BCUT2D eigenvalue weighted by atomic mass is 32.2. The van der Waals surface area contributed by atoms with Gasteiger partial charge in [-0.05, 0) is 42.5 Å². The maximum absolute atomic E-state index is 12.8. The number of anilines is 2. The van der Waals surface area contributed by atoms with Gasteiger partial charge in [-0.3, -0.25) is 9.52 Å². The minimum atomic E-state index is -3.93. The van der Waals surface area contributed by atoms with Crippen molar-refractivity contribution >= 4 is 44.0 Å². The van der Waals surface area contributed by atoms with E-state index >= 15 is 0 Å². The summed E-state index contributed by atoms with van der Waals surface area (Å²) >= 11 is 0. The van der Waals surface area contributed by atoms with Gasteiger partial charge in [-0.25, -0.2) is 13.2 Å². The standard InChI is InChI=1S/C18H12N2O5S/c21-17-13-3-1-2-12-15(9-8-14(19-17)16(12)13)26(24,25)20-11-6-4-10(5-7-11)18(22)23/h1-9,20H,(H,19,21)(H,22,23). The number of hydrogen-bond acceptors (Lipinski definition) is 4. The third-order valence-electron chi connectivity index (χ3n) is 4.17. The van der Waals surface area contributed by atoms with Crippen LogP contribution in [0.1, 0.15) is 20.7 Å². The van der Waals surface area contributed by atoms with E-state index < -0.39 is 16.0 Å². The van der Waals surface area contributed by atoms with Crippen LogP contribution < -0.4 is 10.0 Å². The van der Waals surface area contributed by atoms with E-state index in [0.29, 0.717) is 22.0 Å². The number of rotatable bonds is 4. The van der Waals surface area contributed by atoms with E-state index in [1.807, 2.05) is 0 Å². The Labute approximate surface area is 148 Å². The first kappa shape index (κ1) is 16.1. The van der Waals surface area contributed by atoms with Crippen LogP contribution in [0.2, 0.25) is 0 Å². The molecule has 0 saturated carbocycles. The van der Waals surface area contributed by atoms with Gasteiger partial charge in [-0.15, -0.1) is 0 Å². The quantitative estimate of drug-likeness (QED) is 0.655. The maximum atomic E-state index is 12.8. The number of aromatic carboxylic acids is 1. The molecular formula is C18H12N2O5S. The van der Waals surface area contributed by atoms with Crippen molar-refractivity contribution in [2.75, 3.05) is 10.0 Å². The second kappa shape index (κ2) is 5.57. The van der Waals surface area contributed by atoms with Gasteiger partial charge in [0.2, 0.25) is 0 Å². The lowest BCUT2D eigenvalue weighted by Crippen LogP contribution is -2.13. The van der Waals surface area contributed by atoms with Crippen molar-refractivity contribution in [3.8, 4) is 0 Å². The summed E-state index contributed by atoms with van der Waals surface area (Å²) in [4.78, 5) is 22.9. The zero-order valence-corrected chi connectivity index (χ0v) is 14.0. The van der Waals surface area contributed by atoms with Crippen LogP contribution in [0.5, 0.6) is 0 Å². The van der Waals surface area contributed by atoms with Crippen LogP contribution in [0.3, 0.4) is 0 Å². The van der Waals surface area contributed by atoms with Gasteiger partial charge in [0.1, 0.15) is 0 Å². The number of hydrogen-bond donors (Lipinski definition) is 3. The van der Waals surface area contributed by atoms with Crippen LogP contribution >= 0.6 is 0 Å². The van der Waals surface area contributed by atoms with Crippen molar-refractivity contribution in [3.63, 3.8) is 0 Å². The van der Waals surface area contributed by atoms with Crippen molar-refractivity contribution in [1.29, 1.82) is 0 Å². The van der Waals surface area contributed by atoms with Crippen molar-refractivity contribution < 1.29 is 23.1 Å². The zero-order chi connectivity index (χ0) is 18.5. The number of carbonyl (C=O) groups is 2. The number of sulfonamides is 1. The van der Waals surface area contributed by atoms with Crippen molar-refractivity contribution in [2.45, 2.75) is 4.90 Å². The molecule has 1 heterocycles. The van der Waals surface area contributed by atoms with Gasteiger partial charge >= 0.3 is 5.97 Å². The normalized spacial score (nSPS) is 12.8. The first-order valence-electron chi connectivity index (χ1n) is 7.60. The Hall–Kier alpha value is -3.39. The Morgan fingerprint density at radius 2 is 1.73 bits per heavy atom. The number of carboxylic acids is 1. The molecule has 0 radical (unpaired) electrons. The number of carbonyl (C=O) groups excluding carboxylic acids is 1. The Kier molecular flexibility index (Phi) is 3.45. The van der Waals surface area contributed by atoms with Gasteiger partial charge in [0.25, 0.3) is 15.9 Å². The molecule has 0 fully saturated rings. The van der Waals surface area contributed by atoms with Crippen molar-refractivity contribution in [3.05, 3.63) is 65.7 Å². The molecule has 8 heteroatoms. The van der Waals surface area contributed by atoms with Gasteiger partial charge in [-0.1, -0.05) is 12.1 Å². The maximum Gasteiger partial charge on any atom is 0.335 e. The molecule has 0 spiro atoms. The lowest BCUT2D eigenvalue weighted by Gasteiger charge is -2.11. The minimum Gasteiger partial charge on any atom is -0.478 e. The second-order valence-corrected chi connectivity index (χ2v) is 7.43. The van der Waals surface area contributed by atoms with Crippen molar-refractivity contribution in [1.82, 2.24) is 0 Å². The second-order valence-electron chi connectivity index (χ2n) is 5.78. The Balaban J connectivity index is 1.79. The SMILES string of the molecule is O=C(O)c1ccc(NS(=O)(=O)c2ccc3c4c(cccc24)C(=O)N3)cc1. The van der Waals surface area contributed by atoms with E-state index in [4.69, 9.17) is 5.11 Å². The fraction of sp³-hybridized carbons (Fsp3) is 0. The lowest BCUT2D eigenvalue weighted by atomic mass is 10.1. The van der Waals surface area contributed by atoms with E-state index in [9.17, 15) is 18.0 Å². The third-order valence-corrected chi connectivity index (χ3v) is 5.61. The van der Waals surface area contributed by atoms with Crippen molar-refractivity contribution in [2.24, 2.45) is 0 Å². The van der Waals surface area contributed by atoms with Gasteiger partial charge < -0.3 is 10.4 Å². The van der Waals surface area contributed by atoms with Crippen LogP contribution in [0.25, 0.3) is 10.8 Å². The Bertz CT molecular complexity index is 1180. The molecule has 0 aromatic heterocycles. The van der Waals surface area contributed by atoms with E-state index in [-0.39, 0.29) is 22.1 Å². The van der Waals surface area contributed by atoms with Gasteiger partial charge in [0, 0.05) is 27.7 Å². The van der Waals surface area contributed by atoms with Crippen LogP contribution in [0.15, 0.2) is 59.5 Å². The first-order valence-corrected chi connectivity index (χ1v) is 9.08. The third kappa shape index (κ3) is 2.47. The van der Waals surface area contributed by atoms with E-state index in [1.165, 1.54) is 30.3 Å². The summed E-state index contributed by atoms with van der Waals surface area (Å²) in [5.74, 6) is -1.36. The Morgan fingerprint density at radius 3 is 2.42 bits per heavy atom. The number of benzene rings is 3. The van der Waals surface area contributed by atoms with E-state index in [2.05, 4.69) is 10.0 Å². The fourth-order valence-electron chi connectivity index (χ4n) is 2.99. The molecule has 26 heavy (non-hydrogen) atoms. The molecule has 1 aliphatic heterocycles. The molecule has 7 nitrogen and oxygen atoms in total. The monoisotopic (exact) mass is 368 g/mol. The first-order chi connectivity index (χ1) is 12.4. The molecule has 3 N–H and O–H groups in total. The molecule has 3 aromatic rings. The number of nitrogens with one attached hydrogen (secondary N) is 2. The molecular weight excluding hydrogens is 356 g/mol. The summed E-state index contributed by atoms with van der Waals surface area (Å²) in [6.07, 6.45) is 0. The van der Waals surface area contributed by atoms with Gasteiger partial charge in [0.15, 0.2) is 0 Å². The highest BCUT2D eigenvalue weighted by molar-refractivity contribution is 7.93. The summed E-state index contributed by atoms with van der Waals surface area (Å²) in [5, 5.41) is 12.6. The zero-order valence-electron chi connectivity index (χ0n) is 13.2. The van der Waals surface area contributed by atoms with Crippen LogP contribution in [-0.4, -0.2) is 25.4 Å². The molecule has 4 rings (SSSR count). The molecule has 0 aliphatic carbocycles. The summed E-state index contributed by atoms with van der Waals surface area (Å²) in [5.41, 5.74) is 1.31. The fourth-order valence-corrected chi connectivity index (χ4v) is 4.25. The smallest absolute Gasteiger partial charge is 0.335 e. The number of carboxylic acid groups (broad SMARTS) is 1. The van der Waals surface area contributed by atoms with Crippen LogP contribution in [0, 0.1) is 0 Å². The summed E-state index contributed by atoms with van der Waals surface area (Å²) in [6, 6.07) is 13.3. The van der Waals surface area contributed by atoms with Crippen LogP contribution in [-0.2, 0) is 10.0 Å². The average molecular weight is 368 g/mol. The molecule has 130 valence electrons. The summed E-state index contributed by atoms with van der Waals surface area (Å²) in [6.45, 7) is 0. The molecule has 0 bridgehead atoms. The molecule has 1 aliphatic rings.